The molecule has 1 aliphatic heterocycles. The fraction of sp³-hybridized carbons (Fsp3) is 0.688. The van der Waals surface area contributed by atoms with Gasteiger partial charge in [0.25, 0.3) is 0 Å². The number of aromatic nitrogens is 2. The number of anilines is 1. The Bertz CT molecular complexity index is 515. The molecule has 2 heterocycles. The molecular weight excluding hydrogens is 280 g/mol. The second-order valence-electron chi connectivity index (χ2n) is 6.24. The van der Waals surface area contributed by atoms with Gasteiger partial charge in [0.15, 0.2) is 5.75 Å². The second kappa shape index (κ2) is 6.50. The van der Waals surface area contributed by atoms with E-state index in [9.17, 15) is 4.79 Å². The Balaban J connectivity index is 1.63. The minimum Gasteiger partial charge on any atom is -0.494 e. The Labute approximate surface area is 131 Å². The molecule has 1 saturated carbocycles. The molecule has 0 N–H and O–H groups in total. The monoisotopic (exact) mass is 304 g/mol. The van der Waals surface area contributed by atoms with Crippen molar-refractivity contribution < 1.29 is 9.53 Å². The van der Waals surface area contributed by atoms with Gasteiger partial charge in [0.2, 0.25) is 11.9 Å². The van der Waals surface area contributed by atoms with E-state index in [1.165, 1.54) is 6.42 Å². The Morgan fingerprint density at radius 3 is 2.59 bits per heavy atom. The van der Waals surface area contributed by atoms with E-state index in [0.717, 1.165) is 44.7 Å². The average molecular weight is 304 g/mol. The summed E-state index contributed by atoms with van der Waals surface area (Å²) >= 11 is 0. The lowest BCUT2D eigenvalue weighted by atomic mass is 9.84. The molecular formula is C16H24N4O2. The number of carbonyl (C=O) groups excluding carboxylic acids is 1. The van der Waals surface area contributed by atoms with E-state index in [1.807, 2.05) is 11.9 Å². The van der Waals surface area contributed by atoms with Gasteiger partial charge in [-0.3, -0.25) is 4.79 Å². The first-order chi connectivity index (χ1) is 10.7. The molecule has 1 aromatic rings. The third-order valence-electron chi connectivity index (χ3n) is 4.88. The van der Waals surface area contributed by atoms with Crippen molar-refractivity contribution >= 4 is 11.9 Å². The predicted molar refractivity (Wildman–Crippen MR) is 83.9 cm³/mol. The Hall–Kier alpha value is -1.85. The first-order valence-corrected chi connectivity index (χ1v) is 8.06. The van der Waals surface area contributed by atoms with Crippen LogP contribution in [-0.2, 0) is 4.79 Å². The minimum absolute atomic E-state index is 0.257. The van der Waals surface area contributed by atoms with Crippen LogP contribution in [0.2, 0.25) is 0 Å². The maximum atomic E-state index is 12.4. The summed E-state index contributed by atoms with van der Waals surface area (Å²) in [5.41, 5.74) is 0. The van der Waals surface area contributed by atoms with Gasteiger partial charge in [0.05, 0.1) is 19.5 Å². The molecule has 1 aromatic heterocycles. The van der Waals surface area contributed by atoms with Crippen LogP contribution in [0.25, 0.3) is 0 Å². The number of likely N-dealkylation sites (N-methyl/N-ethyl adjacent to an activating group) is 1. The van der Waals surface area contributed by atoms with Crippen LogP contribution in [0, 0.1) is 5.92 Å². The number of hydrogen-bond acceptors (Lipinski definition) is 5. The van der Waals surface area contributed by atoms with Gasteiger partial charge in [-0.1, -0.05) is 6.42 Å². The Morgan fingerprint density at radius 2 is 2.00 bits per heavy atom. The molecule has 2 fully saturated rings. The summed E-state index contributed by atoms with van der Waals surface area (Å²) in [5.74, 6) is 1.95. The number of rotatable bonds is 4. The lowest BCUT2D eigenvalue weighted by Crippen LogP contribution is -2.51. The average Bonchev–Trinajstić information content (AvgIpc) is 2.52. The molecule has 22 heavy (non-hydrogen) atoms. The zero-order valence-electron chi connectivity index (χ0n) is 13.4. The van der Waals surface area contributed by atoms with Crippen LogP contribution in [0.4, 0.5) is 5.95 Å². The van der Waals surface area contributed by atoms with Gasteiger partial charge < -0.3 is 14.5 Å². The highest BCUT2D eigenvalue weighted by Gasteiger charge is 2.33. The molecule has 1 aliphatic carbocycles. The van der Waals surface area contributed by atoms with Crippen molar-refractivity contribution in [2.24, 2.45) is 5.92 Å². The molecule has 1 saturated heterocycles. The molecule has 1 unspecified atom stereocenters. The molecule has 6 nitrogen and oxygen atoms in total. The number of nitrogens with zero attached hydrogens (tertiary/aromatic N) is 4. The first-order valence-electron chi connectivity index (χ1n) is 8.06. The van der Waals surface area contributed by atoms with Gasteiger partial charge in [-0.2, -0.15) is 0 Å². The standard InChI is InChI=1S/C16H24N4O2/c1-19(15(21)12-5-3-6-12)13-7-4-8-20(11-13)16-17-9-14(22-2)10-18-16/h9-10,12-13H,3-8,11H2,1-2H3. The lowest BCUT2D eigenvalue weighted by Gasteiger charge is -2.40. The number of ether oxygens (including phenoxy) is 1. The van der Waals surface area contributed by atoms with Crippen molar-refractivity contribution in [3.05, 3.63) is 12.4 Å². The van der Waals surface area contributed by atoms with E-state index in [4.69, 9.17) is 4.74 Å². The molecule has 1 amide bonds. The zero-order chi connectivity index (χ0) is 15.5. The van der Waals surface area contributed by atoms with E-state index in [1.54, 1.807) is 19.5 Å². The third-order valence-corrected chi connectivity index (χ3v) is 4.88. The predicted octanol–water partition coefficient (Wildman–Crippen LogP) is 1.71. The molecule has 0 radical (unpaired) electrons. The van der Waals surface area contributed by atoms with E-state index < -0.39 is 0 Å². The topological polar surface area (TPSA) is 58.6 Å². The minimum atomic E-state index is 0.257. The third kappa shape index (κ3) is 3.00. The summed E-state index contributed by atoms with van der Waals surface area (Å²) in [6, 6.07) is 0.257. The number of piperidine rings is 1. The Kier molecular flexibility index (Phi) is 4.45. The molecule has 0 aromatic carbocycles. The smallest absolute Gasteiger partial charge is 0.225 e. The fourth-order valence-electron chi connectivity index (χ4n) is 3.15. The number of hydrogen-bond donors (Lipinski definition) is 0. The van der Waals surface area contributed by atoms with Crippen molar-refractivity contribution in [1.82, 2.24) is 14.9 Å². The van der Waals surface area contributed by atoms with Crippen molar-refractivity contribution in [1.29, 1.82) is 0 Å². The number of amides is 1. The van der Waals surface area contributed by atoms with Gasteiger partial charge >= 0.3 is 0 Å². The highest BCUT2D eigenvalue weighted by molar-refractivity contribution is 5.79. The van der Waals surface area contributed by atoms with Crippen LogP contribution in [0.5, 0.6) is 5.75 Å². The van der Waals surface area contributed by atoms with Crippen LogP contribution in [0.1, 0.15) is 32.1 Å². The van der Waals surface area contributed by atoms with Gasteiger partial charge in [0, 0.05) is 32.1 Å². The molecule has 1 atom stereocenters. The second-order valence-corrected chi connectivity index (χ2v) is 6.24. The first kappa shape index (κ1) is 15.1. The van der Waals surface area contributed by atoms with Gasteiger partial charge in [-0.15, -0.1) is 0 Å². The van der Waals surface area contributed by atoms with Crippen LogP contribution in [0.3, 0.4) is 0 Å². The summed E-state index contributed by atoms with van der Waals surface area (Å²) in [6.45, 7) is 1.75. The molecule has 2 aliphatic rings. The number of methoxy groups -OCH3 is 1. The van der Waals surface area contributed by atoms with Gasteiger partial charge in [-0.25, -0.2) is 9.97 Å². The van der Waals surface area contributed by atoms with E-state index in [0.29, 0.717) is 11.7 Å². The summed E-state index contributed by atoms with van der Waals surface area (Å²) < 4.78 is 5.10. The van der Waals surface area contributed by atoms with E-state index >= 15 is 0 Å². The lowest BCUT2D eigenvalue weighted by molar-refractivity contribution is -0.139. The highest BCUT2D eigenvalue weighted by Crippen LogP contribution is 2.29. The zero-order valence-corrected chi connectivity index (χ0v) is 13.4. The number of carbonyl (C=O) groups is 1. The summed E-state index contributed by atoms with van der Waals surface area (Å²) in [5, 5.41) is 0. The van der Waals surface area contributed by atoms with Crippen LogP contribution in [0.15, 0.2) is 12.4 Å². The van der Waals surface area contributed by atoms with E-state index in [2.05, 4.69) is 14.9 Å². The van der Waals surface area contributed by atoms with E-state index in [-0.39, 0.29) is 12.0 Å². The quantitative estimate of drug-likeness (QED) is 0.847. The van der Waals surface area contributed by atoms with Crippen LogP contribution in [-0.4, -0.2) is 54.1 Å². The summed E-state index contributed by atoms with van der Waals surface area (Å²) in [6.07, 6.45) is 8.80. The molecule has 3 rings (SSSR count). The maximum absolute atomic E-state index is 12.4. The summed E-state index contributed by atoms with van der Waals surface area (Å²) in [4.78, 5) is 25.3. The van der Waals surface area contributed by atoms with Crippen molar-refractivity contribution in [2.75, 3.05) is 32.1 Å². The van der Waals surface area contributed by atoms with Crippen LogP contribution >= 0.6 is 0 Å². The van der Waals surface area contributed by atoms with Gasteiger partial charge in [0.1, 0.15) is 0 Å². The highest BCUT2D eigenvalue weighted by atomic mass is 16.5. The fourth-order valence-corrected chi connectivity index (χ4v) is 3.15. The SMILES string of the molecule is COc1cnc(N2CCCC(N(C)C(=O)C3CCC3)C2)nc1. The van der Waals surface area contributed by atoms with Crippen molar-refractivity contribution in [3.63, 3.8) is 0 Å². The normalized spacial score (nSPS) is 22.1. The summed E-state index contributed by atoms with van der Waals surface area (Å²) in [7, 11) is 3.56. The maximum Gasteiger partial charge on any atom is 0.225 e. The van der Waals surface area contributed by atoms with Crippen molar-refractivity contribution in [3.8, 4) is 5.75 Å². The van der Waals surface area contributed by atoms with Crippen LogP contribution < -0.4 is 9.64 Å². The largest absolute Gasteiger partial charge is 0.494 e. The van der Waals surface area contributed by atoms with Gasteiger partial charge in [-0.05, 0) is 25.7 Å². The molecule has 0 spiro atoms. The molecule has 6 heteroatoms. The van der Waals surface area contributed by atoms with Crippen molar-refractivity contribution in [2.45, 2.75) is 38.1 Å². The Morgan fingerprint density at radius 1 is 1.27 bits per heavy atom. The molecule has 0 bridgehead atoms. The molecule has 120 valence electrons.